The molecule has 0 fully saturated rings. The van der Waals surface area contributed by atoms with E-state index in [9.17, 15) is 20.2 Å². The lowest BCUT2D eigenvalue weighted by atomic mass is 10.2. The highest BCUT2D eigenvalue weighted by atomic mass is 79.9. The molecule has 0 amide bonds. The van der Waals surface area contributed by atoms with Crippen LogP contribution in [0.15, 0.2) is 98.8 Å². The molecule has 0 atom stereocenters. The first-order chi connectivity index (χ1) is 17.9. The van der Waals surface area contributed by atoms with E-state index < -0.39 is 21.2 Å². The van der Waals surface area contributed by atoms with E-state index in [4.69, 9.17) is 9.15 Å². The minimum absolute atomic E-state index is 0.114. The minimum atomic E-state index is -0.729. The van der Waals surface area contributed by atoms with Crippen LogP contribution in [0.25, 0.3) is 22.6 Å². The summed E-state index contributed by atoms with van der Waals surface area (Å²) in [6.07, 6.45) is 1.66. The van der Waals surface area contributed by atoms with Gasteiger partial charge >= 0.3 is 5.69 Å². The molecule has 0 aliphatic rings. The minimum Gasteiger partial charge on any atom is -0.449 e. The Hall–Kier alpha value is -4.90. The maximum Gasteiger partial charge on any atom is 0.318 e. The van der Waals surface area contributed by atoms with Crippen molar-refractivity contribution in [2.45, 2.75) is 0 Å². The number of rotatable bonds is 7. The maximum atomic E-state index is 11.4. The molecule has 5 rings (SSSR count). The van der Waals surface area contributed by atoms with Crippen molar-refractivity contribution in [1.82, 2.24) is 4.98 Å². The zero-order chi connectivity index (χ0) is 25.9. The van der Waals surface area contributed by atoms with Crippen LogP contribution in [0, 0.1) is 20.2 Å². The third-order valence-electron chi connectivity index (χ3n) is 5.30. The molecule has 10 nitrogen and oxygen atoms in total. The molecule has 0 unspecified atom stereocenters. The van der Waals surface area contributed by atoms with E-state index in [1.807, 2.05) is 48.5 Å². The number of nitro benzene ring substituents is 2. The quantitative estimate of drug-likeness (QED) is 0.114. The number of ether oxygens (including phenoxy) is 1. The average Bonchev–Trinajstić information content (AvgIpc) is 3.33. The molecule has 182 valence electrons. The molecule has 11 heteroatoms. The van der Waals surface area contributed by atoms with Crippen molar-refractivity contribution in [3.05, 3.63) is 115 Å². The molecule has 0 aliphatic heterocycles. The van der Waals surface area contributed by atoms with Gasteiger partial charge in [0, 0.05) is 17.8 Å². The van der Waals surface area contributed by atoms with Gasteiger partial charge in [-0.15, -0.1) is 0 Å². The number of fused-ring (bicyclic) bond motifs is 1. The van der Waals surface area contributed by atoms with Gasteiger partial charge in [-0.3, -0.25) is 25.2 Å². The number of hydrogen-bond acceptors (Lipinski definition) is 8. The Morgan fingerprint density at radius 2 is 1.65 bits per heavy atom. The molecule has 4 aromatic carbocycles. The lowest BCUT2D eigenvalue weighted by Crippen LogP contribution is -1.96. The highest BCUT2D eigenvalue weighted by molar-refractivity contribution is 9.10. The highest BCUT2D eigenvalue weighted by Crippen LogP contribution is 2.37. The molecule has 0 saturated carbocycles. The molecule has 0 aliphatic carbocycles. The largest absolute Gasteiger partial charge is 0.449 e. The number of hydrogen-bond donors (Lipinski definition) is 0. The van der Waals surface area contributed by atoms with Gasteiger partial charge in [0.15, 0.2) is 5.58 Å². The van der Waals surface area contributed by atoms with Crippen molar-refractivity contribution in [3.63, 3.8) is 0 Å². The molecule has 0 N–H and O–H groups in total. The predicted octanol–water partition coefficient (Wildman–Crippen LogP) is 7.62. The van der Waals surface area contributed by atoms with Gasteiger partial charge in [-0.25, -0.2) is 4.98 Å². The molecule has 0 bridgehead atoms. The second-order valence-corrected chi connectivity index (χ2v) is 8.60. The van der Waals surface area contributed by atoms with Crippen molar-refractivity contribution in [1.29, 1.82) is 0 Å². The van der Waals surface area contributed by atoms with Crippen LogP contribution in [-0.2, 0) is 0 Å². The normalized spacial score (nSPS) is 11.2. The first-order valence-corrected chi connectivity index (χ1v) is 11.6. The number of para-hydroxylation sites is 2. The fourth-order valence-electron chi connectivity index (χ4n) is 3.48. The molecule has 0 radical (unpaired) electrons. The van der Waals surface area contributed by atoms with Gasteiger partial charge in [0.05, 0.1) is 26.1 Å². The van der Waals surface area contributed by atoms with E-state index >= 15 is 0 Å². The van der Waals surface area contributed by atoms with Crippen LogP contribution in [-0.4, -0.2) is 21.0 Å². The molecule has 1 heterocycles. The Bertz CT molecular complexity index is 1650. The number of benzene rings is 4. The first kappa shape index (κ1) is 23.8. The van der Waals surface area contributed by atoms with Crippen LogP contribution in [0.4, 0.5) is 17.1 Å². The monoisotopic (exact) mass is 558 g/mol. The van der Waals surface area contributed by atoms with Crippen molar-refractivity contribution >= 4 is 50.3 Å². The van der Waals surface area contributed by atoms with Gasteiger partial charge in [-0.2, -0.15) is 0 Å². The number of nitrogens with zero attached hydrogens (tertiary/aromatic N) is 4. The van der Waals surface area contributed by atoms with Gasteiger partial charge in [0.25, 0.3) is 5.69 Å². The molecule has 37 heavy (non-hydrogen) atoms. The molecule has 5 aromatic rings. The van der Waals surface area contributed by atoms with E-state index in [2.05, 4.69) is 25.9 Å². The van der Waals surface area contributed by atoms with E-state index in [1.165, 1.54) is 6.07 Å². The summed E-state index contributed by atoms with van der Waals surface area (Å²) in [5, 5.41) is 22.3. The van der Waals surface area contributed by atoms with Crippen LogP contribution < -0.4 is 4.74 Å². The third kappa shape index (κ3) is 5.21. The van der Waals surface area contributed by atoms with E-state index in [0.29, 0.717) is 16.1 Å². The lowest BCUT2D eigenvalue weighted by molar-refractivity contribution is -0.394. The lowest BCUT2D eigenvalue weighted by Gasteiger charge is -2.08. The van der Waals surface area contributed by atoms with Crippen molar-refractivity contribution in [3.8, 4) is 23.0 Å². The zero-order valence-electron chi connectivity index (χ0n) is 18.8. The van der Waals surface area contributed by atoms with E-state index in [-0.39, 0.29) is 5.75 Å². The SMILES string of the molecule is O=[N+]([O-])c1ccc(Oc2ccc(C=Nc3ccc(-c4nc5ccccc5o4)cc3)cc2Br)c([N+](=O)[O-])c1. The van der Waals surface area contributed by atoms with Gasteiger partial charge < -0.3 is 9.15 Å². The molecular weight excluding hydrogens is 544 g/mol. The topological polar surface area (TPSA) is 134 Å². The maximum absolute atomic E-state index is 11.4. The Morgan fingerprint density at radius 3 is 2.35 bits per heavy atom. The summed E-state index contributed by atoms with van der Waals surface area (Å²) >= 11 is 3.40. The highest BCUT2D eigenvalue weighted by Gasteiger charge is 2.21. The standard InChI is InChI=1S/C26H15BrN4O6/c27-20-13-16(5-11-23(20)36-25-12-10-19(30(32)33)14-22(25)31(34)35)15-28-18-8-6-17(7-9-18)26-29-21-3-1-2-4-24(21)37-26/h1-15H. The first-order valence-electron chi connectivity index (χ1n) is 10.8. The van der Waals surface area contributed by atoms with Gasteiger partial charge in [-0.05, 0) is 82.2 Å². The van der Waals surface area contributed by atoms with Crippen molar-refractivity contribution in [2.24, 2.45) is 4.99 Å². The fraction of sp³-hybridized carbons (Fsp3) is 0. The van der Waals surface area contributed by atoms with Crippen LogP contribution in [0.5, 0.6) is 11.5 Å². The van der Waals surface area contributed by atoms with Gasteiger partial charge in [-0.1, -0.05) is 12.1 Å². The summed E-state index contributed by atoms with van der Waals surface area (Å²) < 4.78 is 12.0. The summed E-state index contributed by atoms with van der Waals surface area (Å²) in [5.74, 6) is 0.720. The van der Waals surface area contributed by atoms with E-state index in [0.717, 1.165) is 40.0 Å². The number of aliphatic imine (C=N–C) groups is 1. The second kappa shape index (κ2) is 9.99. The predicted molar refractivity (Wildman–Crippen MR) is 141 cm³/mol. The van der Waals surface area contributed by atoms with Crippen molar-refractivity contribution < 1.29 is 19.0 Å². The Kier molecular flexibility index (Phi) is 6.43. The fourth-order valence-corrected chi connectivity index (χ4v) is 3.96. The average molecular weight is 559 g/mol. The van der Waals surface area contributed by atoms with Crippen LogP contribution in [0.3, 0.4) is 0 Å². The van der Waals surface area contributed by atoms with Crippen molar-refractivity contribution in [2.75, 3.05) is 0 Å². The van der Waals surface area contributed by atoms with Crippen LogP contribution in [0.2, 0.25) is 0 Å². The van der Waals surface area contributed by atoms with E-state index in [1.54, 1.807) is 24.4 Å². The molecule has 0 spiro atoms. The summed E-state index contributed by atoms with van der Waals surface area (Å²) in [7, 11) is 0. The number of nitro groups is 2. The Labute approximate surface area is 217 Å². The summed E-state index contributed by atoms with van der Waals surface area (Å²) in [5.41, 5.74) is 2.92. The number of non-ortho nitro benzene ring substituents is 1. The number of halogens is 1. The number of aromatic nitrogens is 1. The zero-order valence-corrected chi connectivity index (χ0v) is 20.4. The van der Waals surface area contributed by atoms with Gasteiger partial charge in [0.1, 0.15) is 11.3 Å². The Morgan fingerprint density at radius 1 is 0.892 bits per heavy atom. The Balaban J connectivity index is 1.31. The summed E-state index contributed by atoms with van der Waals surface area (Å²) in [6, 6.07) is 23.3. The molecule has 1 aromatic heterocycles. The third-order valence-corrected chi connectivity index (χ3v) is 5.92. The smallest absolute Gasteiger partial charge is 0.318 e. The molecular formula is C26H15BrN4O6. The second-order valence-electron chi connectivity index (χ2n) is 7.75. The van der Waals surface area contributed by atoms with Gasteiger partial charge in [0.2, 0.25) is 11.6 Å². The van der Waals surface area contributed by atoms with Crippen LogP contribution in [0.1, 0.15) is 5.56 Å². The number of oxazole rings is 1. The summed E-state index contributed by atoms with van der Waals surface area (Å²) in [6.45, 7) is 0. The summed E-state index contributed by atoms with van der Waals surface area (Å²) in [4.78, 5) is 29.8. The molecule has 0 saturated heterocycles. The van der Waals surface area contributed by atoms with Crippen LogP contribution >= 0.6 is 15.9 Å².